The van der Waals surface area contributed by atoms with Crippen molar-refractivity contribution in [2.24, 2.45) is 0 Å². The highest BCUT2D eigenvalue weighted by atomic mass is 35.5. The fraction of sp³-hybridized carbons (Fsp3) is 0.286. The second-order valence-electron chi connectivity index (χ2n) is 4.61. The van der Waals surface area contributed by atoms with Crippen molar-refractivity contribution in [1.82, 2.24) is 4.98 Å². The minimum absolute atomic E-state index is 0.0546. The maximum absolute atomic E-state index is 12.8. The Morgan fingerprint density at radius 3 is 2.70 bits per heavy atom. The molecule has 0 fully saturated rings. The average molecular weight is 381 g/mol. The van der Waals surface area contributed by atoms with Crippen molar-refractivity contribution in [2.45, 2.75) is 23.9 Å². The lowest BCUT2D eigenvalue weighted by Crippen LogP contribution is -2.15. The Morgan fingerprint density at radius 2 is 2.13 bits per heavy atom. The Balaban J connectivity index is 2.12. The average Bonchev–Trinajstić information content (AvgIpc) is 2.80. The molecule has 0 radical (unpaired) electrons. The van der Waals surface area contributed by atoms with E-state index in [2.05, 4.69) is 10.3 Å². The van der Waals surface area contributed by atoms with Crippen LogP contribution in [0.4, 0.5) is 18.9 Å². The Morgan fingerprint density at radius 1 is 1.43 bits per heavy atom. The van der Waals surface area contributed by atoms with Crippen LogP contribution in [0.25, 0.3) is 0 Å². The molecular formula is C14H12ClF3N2OS2. The second kappa shape index (κ2) is 7.11. The number of carbonyl (C=O) groups excluding carboxylic acids is 1. The number of carbonyl (C=O) groups is 1. The topological polar surface area (TPSA) is 42.0 Å². The van der Waals surface area contributed by atoms with Crippen molar-refractivity contribution in [3.63, 3.8) is 0 Å². The lowest BCUT2D eigenvalue weighted by Gasteiger charge is -2.11. The van der Waals surface area contributed by atoms with Crippen LogP contribution in [0.3, 0.4) is 0 Å². The number of nitrogens with one attached hydrogen (secondary N) is 1. The maximum Gasteiger partial charge on any atom is 0.417 e. The minimum Gasteiger partial charge on any atom is -0.326 e. The van der Waals surface area contributed by atoms with Crippen LogP contribution in [-0.2, 0) is 17.4 Å². The largest absolute Gasteiger partial charge is 0.417 e. The van der Waals surface area contributed by atoms with E-state index in [9.17, 15) is 18.0 Å². The molecule has 0 spiro atoms. The van der Waals surface area contributed by atoms with E-state index >= 15 is 0 Å². The summed E-state index contributed by atoms with van der Waals surface area (Å²) < 4.78 is 39.2. The summed E-state index contributed by atoms with van der Waals surface area (Å²) >= 11 is 8.42. The van der Waals surface area contributed by atoms with Gasteiger partial charge in [0.15, 0.2) is 0 Å². The molecule has 2 aromatic rings. The molecule has 1 N–H and O–H groups in total. The number of anilines is 1. The highest BCUT2D eigenvalue weighted by molar-refractivity contribution is 8.00. The molecule has 0 aliphatic heterocycles. The van der Waals surface area contributed by atoms with Gasteiger partial charge in [-0.15, -0.1) is 11.3 Å². The number of alkyl halides is 3. The normalized spacial score (nSPS) is 11.6. The van der Waals surface area contributed by atoms with Gasteiger partial charge in [0.25, 0.3) is 0 Å². The van der Waals surface area contributed by atoms with Crippen molar-refractivity contribution in [3.8, 4) is 0 Å². The number of nitrogens with zero attached hydrogens (tertiary/aromatic N) is 1. The first-order valence-corrected chi connectivity index (χ1v) is 8.79. The molecule has 2 rings (SSSR count). The van der Waals surface area contributed by atoms with E-state index < -0.39 is 22.7 Å². The van der Waals surface area contributed by atoms with E-state index in [0.29, 0.717) is 0 Å². The van der Waals surface area contributed by atoms with Crippen LogP contribution >= 0.6 is 34.7 Å². The molecule has 1 aromatic carbocycles. The molecule has 23 heavy (non-hydrogen) atoms. The van der Waals surface area contributed by atoms with Crippen molar-refractivity contribution in [2.75, 3.05) is 11.6 Å². The quantitative estimate of drug-likeness (QED) is 0.756. The van der Waals surface area contributed by atoms with Gasteiger partial charge < -0.3 is 5.32 Å². The smallest absolute Gasteiger partial charge is 0.326 e. The molecule has 3 nitrogen and oxygen atoms in total. The first kappa shape index (κ1) is 18.1. The van der Waals surface area contributed by atoms with Gasteiger partial charge in [-0.3, -0.25) is 4.79 Å². The third kappa shape index (κ3) is 4.62. The van der Waals surface area contributed by atoms with Crippen molar-refractivity contribution >= 4 is 46.3 Å². The molecular weight excluding hydrogens is 369 g/mol. The Bertz CT molecular complexity index is 731. The lowest BCUT2D eigenvalue weighted by molar-refractivity contribution is -0.137. The highest BCUT2D eigenvalue weighted by Gasteiger charge is 2.33. The zero-order chi connectivity index (χ0) is 17.2. The van der Waals surface area contributed by atoms with Gasteiger partial charge in [-0.05, 0) is 31.4 Å². The first-order valence-electron chi connectivity index (χ1n) is 6.37. The first-order chi connectivity index (χ1) is 10.7. The van der Waals surface area contributed by atoms with Crippen LogP contribution in [0, 0.1) is 6.92 Å². The lowest BCUT2D eigenvalue weighted by atomic mass is 10.2. The third-order valence-electron chi connectivity index (χ3n) is 2.92. The predicted molar refractivity (Wildman–Crippen MR) is 87.4 cm³/mol. The molecule has 9 heteroatoms. The number of thioether (sulfide) groups is 1. The zero-order valence-corrected chi connectivity index (χ0v) is 14.5. The number of rotatable bonds is 4. The molecule has 0 saturated heterocycles. The fourth-order valence-corrected chi connectivity index (χ4v) is 3.70. The summed E-state index contributed by atoms with van der Waals surface area (Å²) in [4.78, 5) is 17.1. The van der Waals surface area contributed by atoms with E-state index in [1.807, 2.05) is 6.26 Å². The molecule has 0 atom stereocenters. The summed E-state index contributed by atoms with van der Waals surface area (Å²) in [5.74, 6) is -0.403. The molecule has 0 aliphatic carbocycles. The van der Waals surface area contributed by atoms with E-state index in [-0.39, 0.29) is 12.1 Å². The monoisotopic (exact) mass is 380 g/mol. The molecule has 0 aliphatic rings. The summed E-state index contributed by atoms with van der Waals surface area (Å²) in [6, 6.07) is 3.28. The predicted octanol–water partition coefficient (Wildman–Crippen LogP) is 5.03. The van der Waals surface area contributed by atoms with Gasteiger partial charge in [0.2, 0.25) is 5.91 Å². The minimum atomic E-state index is -4.57. The Hall–Kier alpha value is -1.25. The van der Waals surface area contributed by atoms with Crippen LogP contribution in [0.2, 0.25) is 5.02 Å². The molecule has 0 unspecified atom stereocenters. The van der Waals surface area contributed by atoms with E-state index in [1.54, 1.807) is 6.92 Å². The van der Waals surface area contributed by atoms with Crippen molar-refractivity contribution in [3.05, 3.63) is 39.4 Å². The standard InChI is InChI=1S/C14H12ClF3N2OS2/c1-7-11(23-13(19-7)22-2)6-12(21)20-8-3-4-10(15)9(5-8)14(16,17)18/h3-5H,6H2,1-2H3,(H,20,21). The summed E-state index contributed by atoms with van der Waals surface area (Å²) in [6.07, 6.45) is -2.62. The van der Waals surface area contributed by atoms with E-state index in [1.165, 1.54) is 29.2 Å². The molecule has 124 valence electrons. The number of benzene rings is 1. The van der Waals surface area contributed by atoms with Crippen LogP contribution in [-0.4, -0.2) is 17.1 Å². The van der Waals surface area contributed by atoms with Crippen molar-refractivity contribution < 1.29 is 18.0 Å². The van der Waals surface area contributed by atoms with Gasteiger partial charge >= 0.3 is 6.18 Å². The molecule has 1 aromatic heterocycles. The summed E-state index contributed by atoms with van der Waals surface area (Å²) in [5.41, 5.74) is -0.170. The second-order valence-corrected chi connectivity index (χ2v) is 7.15. The van der Waals surface area contributed by atoms with Crippen LogP contribution in [0.5, 0.6) is 0 Å². The summed E-state index contributed by atoms with van der Waals surface area (Å²) in [7, 11) is 0. The molecule has 0 bridgehead atoms. The molecule has 0 saturated carbocycles. The highest BCUT2D eigenvalue weighted by Crippen LogP contribution is 2.36. The fourth-order valence-electron chi connectivity index (χ4n) is 1.82. The zero-order valence-electron chi connectivity index (χ0n) is 12.1. The number of hydrogen-bond donors (Lipinski definition) is 1. The SMILES string of the molecule is CSc1nc(C)c(CC(=O)Nc2ccc(Cl)c(C(F)(F)F)c2)s1. The number of aryl methyl sites for hydroxylation is 1. The number of hydrogen-bond acceptors (Lipinski definition) is 4. The van der Waals surface area contributed by atoms with E-state index in [4.69, 9.17) is 11.6 Å². The van der Waals surface area contributed by atoms with Gasteiger partial charge in [-0.1, -0.05) is 23.4 Å². The summed E-state index contributed by atoms with van der Waals surface area (Å²) in [6.45, 7) is 1.79. The van der Waals surface area contributed by atoms with Gasteiger partial charge in [-0.2, -0.15) is 13.2 Å². The number of halogens is 4. The van der Waals surface area contributed by atoms with Gasteiger partial charge in [0, 0.05) is 10.6 Å². The Labute approximate surface area is 144 Å². The number of amides is 1. The molecule has 1 heterocycles. The molecule has 1 amide bonds. The van der Waals surface area contributed by atoms with Crippen LogP contribution in [0.1, 0.15) is 16.1 Å². The Kier molecular flexibility index (Phi) is 5.59. The summed E-state index contributed by atoms with van der Waals surface area (Å²) in [5, 5.41) is 2.05. The third-order valence-corrected chi connectivity index (χ3v) is 5.40. The van der Waals surface area contributed by atoms with Gasteiger partial charge in [0.05, 0.1) is 22.7 Å². The van der Waals surface area contributed by atoms with Gasteiger partial charge in [0.1, 0.15) is 4.34 Å². The number of aromatic nitrogens is 1. The van der Waals surface area contributed by atoms with Crippen LogP contribution < -0.4 is 5.32 Å². The van der Waals surface area contributed by atoms with Crippen molar-refractivity contribution in [1.29, 1.82) is 0 Å². The maximum atomic E-state index is 12.8. The van der Waals surface area contributed by atoms with E-state index in [0.717, 1.165) is 27.0 Å². The van der Waals surface area contributed by atoms with Crippen LogP contribution in [0.15, 0.2) is 22.5 Å². The van der Waals surface area contributed by atoms with Gasteiger partial charge in [-0.25, -0.2) is 4.98 Å². The number of thiazole rings is 1.